The maximum absolute atomic E-state index is 12.7. The molecule has 0 bridgehead atoms. The highest BCUT2D eigenvalue weighted by Crippen LogP contribution is 2.31. The van der Waals surface area contributed by atoms with Crippen LogP contribution in [-0.2, 0) is 4.79 Å². The zero-order chi connectivity index (χ0) is 21.0. The Bertz CT molecular complexity index is 999. The van der Waals surface area contributed by atoms with Gasteiger partial charge in [0.15, 0.2) is 11.5 Å². The molecule has 3 rings (SSSR count). The molecule has 0 saturated carbocycles. The van der Waals surface area contributed by atoms with Crippen molar-refractivity contribution >= 4 is 17.3 Å². The quantitative estimate of drug-likeness (QED) is 0.663. The van der Waals surface area contributed by atoms with Crippen molar-refractivity contribution in [1.82, 2.24) is 9.78 Å². The highest BCUT2D eigenvalue weighted by Gasteiger charge is 2.17. The zero-order valence-corrected chi connectivity index (χ0v) is 17.4. The van der Waals surface area contributed by atoms with Gasteiger partial charge in [-0.05, 0) is 38.1 Å². The molecule has 0 saturated heterocycles. The molecule has 0 fully saturated rings. The van der Waals surface area contributed by atoms with Crippen molar-refractivity contribution in [2.75, 3.05) is 38.0 Å². The molecule has 0 unspecified atom stereocenters. The number of rotatable bonds is 7. The fraction of sp³-hybridized carbons (Fsp3) is 0.273. The number of para-hydroxylation sites is 1. The number of nitrogens with one attached hydrogen (secondary N) is 1. The van der Waals surface area contributed by atoms with Gasteiger partial charge in [0.1, 0.15) is 0 Å². The molecule has 0 spiro atoms. The first kappa shape index (κ1) is 20.3. The Kier molecular flexibility index (Phi) is 6.07. The Morgan fingerprint density at radius 3 is 2.41 bits per heavy atom. The van der Waals surface area contributed by atoms with Gasteiger partial charge < -0.3 is 19.7 Å². The van der Waals surface area contributed by atoms with Gasteiger partial charge in [-0.3, -0.25) is 4.79 Å². The molecule has 3 aromatic rings. The van der Waals surface area contributed by atoms with E-state index in [0.29, 0.717) is 11.5 Å². The van der Waals surface area contributed by atoms with Crippen molar-refractivity contribution in [3.8, 4) is 17.2 Å². The molecule has 152 valence electrons. The molecule has 0 aliphatic heterocycles. The van der Waals surface area contributed by atoms with E-state index in [1.807, 2.05) is 79.0 Å². The van der Waals surface area contributed by atoms with E-state index >= 15 is 0 Å². The number of anilines is 2. The molecule has 0 atom stereocenters. The van der Waals surface area contributed by atoms with Gasteiger partial charge in [0.2, 0.25) is 5.91 Å². The molecular formula is C22H26N4O3. The minimum absolute atomic E-state index is 0.124. The van der Waals surface area contributed by atoms with Crippen molar-refractivity contribution in [1.29, 1.82) is 0 Å². The Hall–Kier alpha value is -3.48. The lowest BCUT2D eigenvalue weighted by Crippen LogP contribution is -2.30. The minimum atomic E-state index is -0.124. The lowest BCUT2D eigenvalue weighted by atomic mass is 10.2. The summed E-state index contributed by atoms with van der Waals surface area (Å²) in [7, 11) is 5.03. The van der Waals surface area contributed by atoms with Gasteiger partial charge in [0, 0.05) is 18.8 Å². The topological polar surface area (TPSA) is 68.6 Å². The summed E-state index contributed by atoms with van der Waals surface area (Å²) < 4.78 is 12.4. The van der Waals surface area contributed by atoms with Gasteiger partial charge in [-0.15, -0.1) is 0 Å². The smallest absolute Gasteiger partial charge is 0.243 e. The Balaban J connectivity index is 1.74. The molecule has 29 heavy (non-hydrogen) atoms. The van der Waals surface area contributed by atoms with E-state index in [0.717, 1.165) is 28.5 Å². The fourth-order valence-electron chi connectivity index (χ4n) is 3.19. The monoisotopic (exact) mass is 394 g/mol. The molecule has 1 N–H and O–H groups in total. The van der Waals surface area contributed by atoms with Crippen LogP contribution in [-0.4, -0.2) is 43.5 Å². The van der Waals surface area contributed by atoms with E-state index in [-0.39, 0.29) is 12.5 Å². The predicted molar refractivity (Wildman–Crippen MR) is 114 cm³/mol. The summed E-state index contributed by atoms with van der Waals surface area (Å²) in [5.41, 5.74) is 4.20. The molecule has 7 nitrogen and oxygen atoms in total. The number of carbonyl (C=O) groups excluding carboxylic acids is 1. The van der Waals surface area contributed by atoms with Crippen LogP contribution >= 0.6 is 0 Å². The van der Waals surface area contributed by atoms with Crippen molar-refractivity contribution < 1.29 is 14.3 Å². The number of benzene rings is 2. The highest BCUT2D eigenvalue weighted by molar-refractivity contribution is 5.95. The van der Waals surface area contributed by atoms with E-state index < -0.39 is 0 Å². The number of likely N-dealkylation sites (N-methyl/N-ethyl adjacent to an activating group) is 1. The summed E-state index contributed by atoms with van der Waals surface area (Å²) in [6, 6.07) is 15.4. The van der Waals surface area contributed by atoms with Crippen LogP contribution in [0.15, 0.2) is 48.5 Å². The van der Waals surface area contributed by atoms with Crippen LogP contribution in [0.2, 0.25) is 0 Å². The first-order chi connectivity index (χ1) is 13.9. The predicted octanol–water partition coefficient (Wildman–Crippen LogP) is 3.58. The Labute approximate surface area is 170 Å². The van der Waals surface area contributed by atoms with Crippen molar-refractivity contribution in [2.24, 2.45) is 0 Å². The zero-order valence-electron chi connectivity index (χ0n) is 17.4. The number of carbonyl (C=O) groups is 1. The maximum atomic E-state index is 12.7. The summed E-state index contributed by atoms with van der Waals surface area (Å²) >= 11 is 0. The van der Waals surface area contributed by atoms with Crippen LogP contribution in [0.3, 0.4) is 0 Å². The van der Waals surface area contributed by atoms with E-state index in [1.165, 1.54) is 0 Å². The highest BCUT2D eigenvalue weighted by atomic mass is 16.5. The number of aryl methyl sites for hydroxylation is 1. The Morgan fingerprint density at radius 2 is 1.76 bits per heavy atom. The fourth-order valence-corrected chi connectivity index (χ4v) is 3.19. The minimum Gasteiger partial charge on any atom is -0.493 e. The molecule has 1 aromatic heterocycles. The molecule has 0 aliphatic carbocycles. The van der Waals surface area contributed by atoms with Gasteiger partial charge in [0.05, 0.1) is 43.5 Å². The van der Waals surface area contributed by atoms with Crippen LogP contribution < -0.4 is 19.7 Å². The van der Waals surface area contributed by atoms with E-state index in [1.54, 1.807) is 14.2 Å². The number of amides is 1. The summed E-state index contributed by atoms with van der Waals surface area (Å²) in [6.45, 7) is 4.02. The average molecular weight is 394 g/mol. The summed E-state index contributed by atoms with van der Waals surface area (Å²) in [5.74, 6) is 1.14. The number of ether oxygens (including phenoxy) is 2. The molecule has 7 heteroatoms. The third-order valence-corrected chi connectivity index (χ3v) is 4.75. The van der Waals surface area contributed by atoms with E-state index in [4.69, 9.17) is 9.47 Å². The first-order valence-corrected chi connectivity index (χ1v) is 9.29. The van der Waals surface area contributed by atoms with Crippen molar-refractivity contribution in [2.45, 2.75) is 13.8 Å². The molecule has 0 radical (unpaired) electrons. The molecule has 0 aliphatic rings. The van der Waals surface area contributed by atoms with Crippen LogP contribution in [0.5, 0.6) is 11.5 Å². The molecule has 1 heterocycles. The van der Waals surface area contributed by atoms with Gasteiger partial charge in [-0.25, -0.2) is 4.68 Å². The van der Waals surface area contributed by atoms with Crippen LogP contribution in [0, 0.1) is 13.8 Å². The number of aromatic nitrogens is 2. The molecule has 1 amide bonds. The molecular weight excluding hydrogens is 368 g/mol. The third-order valence-electron chi connectivity index (χ3n) is 4.75. The van der Waals surface area contributed by atoms with Gasteiger partial charge >= 0.3 is 0 Å². The Morgan fingerprint density at radius 1 is 1.07 bits per heavy atom. The SMILES string of the molecule is COc1ccc(N(C)CC(=O)Nc2c(C)nn(-c3ccccc3)c2C)cc1OC. The second-order valence-electron chi connectivity index (χ2n) is 6.74. The summed E-state index contributed by atoms with van der Waals surface area (Å²) in [5, 5.41) is 7.57. The number of nitrogens with zero attached hydrogens (tertiary/aromatic N) is 3. The second-order valence-corrected chi connectivity index (χ2v) is 6.74. The van der Waals surface area contributed by atoms with E-state index in [9.17, 15) is 4.79 Å². The van der Waals surface area contributed by atoms with Gasteiger partial charge in [0.25, 0.3) is 0 Å². The standard InChI is InChI=1S/C22H26N4O3/c1-15-22(16(2)26(24-15)17-9-7-6-8-10-17)23-21(27)14-25(3)18-11-12-19(28-4)20(13-18)29-5/h6-13H,14H2,1-5H3,(H,23,27). The maximum Gasteiger partial charge on any atom is 0.243 e. The average Bonchev–Trinajstić information content (AvgIpc) is 3.01. The lowest BCUT2D eigenvalue weighted by Gasteiger charge is -2.20. The first-order valence-electron chi connectivity index (χ1n) is 9.29. The third kappa shape index (κ3) is 4.34. The van der Waals surface area contributed by atoms with Crippen molar-refractivity contribution in [3.63, 3.8) is 0 Å². The van der Waals surface area contributed by atoms with Crippen LogP contribution in [0.1, 0.15) is 11.4 Å². The van der Waals surface area contributed by atoms with Crippen LogP contribution in [0.4, 0.5) is 11.4 Å². The van der Waals surface area contributed by atoms with Gasteiger partial charge in [-0.2, -0.15) is 5.10 Å². The van der Waals surface area contributed by atoms with Crippen molar-refractivity contribution in [3.05, 3.63) is 59.9 Å². The largest absolute Gasteiger partial charge is 0.493 e. The summed E-state index contributed by atoms with van der Waals surface area (Å²) in [4.78, 5) is 14.5. The summed E-state index contributed by atoms with van der Waals surface area (Å²) in [6.07, 6.45) is 0. The second kappa shape index (κ2) is 8.68. The van der Waals surface area contributed by atoms with Gasteiger partial charge in [-0.1, -0.05) is 18.2 Å². The normalized spacial score (nSPS) is 10.5. The number of methoxy groups -OCH3 is 2. The number of hydrogen-bond acceptors (Lipinski definition) is 5. The van der Waals surface area contributed by atoms with E-state index in [2.05, 4.69) is 10.4 Å². The number of hydrogen-bond donors (Lipinski definition) is 1. The van der Waals surface area contributed by atoms with Crippen LogP contribution in [0.25, 0.3) is 5.69 Å². The lowest BCUT2D eigenvalue weighted by molar-refractivity contribution is -0.114. The molecule has 2 aromatic carbocycles.